The number of rotatable bonds is 6. The SMILES string of the molecule is O=C(Nc1ccccc1C(=O)NCC1CCN(C(=O)C2CC2)C1)c1ccc(Br)cc1. The molecule has 2 aliphatic rings. The Hall–Kier alpha value is -2.67. The summed E-state index contributed by atoms with van der Waals surface area (Å²) < 4.78 is 0.892. The van der Waals surface area contributed by atoms with Crippen LogP contribution in [0.5, 0.6) is 0 Å². The molecule has 1 aliphatic carbocycles. The highest BCUT2D eigenvalue weighted by Gasteiger charge is 2.36. The Morgan fingerprint density at radius 3 is 2.43 bits per heavy atom. The van der Waals surface area contributed by atoms with Crippen LogP contribution in [0.4, 0.5) is 5.69 Å². The number of nitrogens with zero attached hydrogens (tertiary/aromatic N) is 1. The Balaban J connectivity index is 1.34. The van der Waals surface area contributed by atoms with E-state index in [-0.39, 0.29) is 29.6 Å². The molecule has 4 rings (SSSR count). The second-order valence-corrected chi connectivity index (χ2v) is 8.85. The molecular formula is C23H24BrN3O3. The molecule has 1 heterocycles. The van der Waals surface area contributed by atoms with E-state index in [0.29, 0.717) is 29.9 Å². The van der Waals surface area contributed by atoms with Gasteiger partial charge in [-0.2, -0.15) is 0 Å². The van der Waals surface area contributed by atoms with Crippen molar-refractivity contribution in [1.29, 1.82) is 0 Å². The molecule has 2 N–H and O–H groups in total. The molecule has 156 valence electrons. The molecule has 2 aromatic rings. The average Bonchev–Trinajstić information content (AvgIpc) is 3.50. The summed E-state index contributed by atoms with van der Waals surface area (Å²) >= 11 is 3.35. The lowest BCUT2D eigenvalue weighted by Crippen LogP contribution is -2.34. The number of benzene rings is 2. The van der Waals surface area contributed by atoms with Crippen molar-refractivity contribution >= 4 is 39.3 Å². The van der Waals surface area contributed by atoms with Crippen LogP contribution in [0.1, 0.15) is 40.0 Å². The van der Waals surface area contributed by atoms with Gasteiger partial charge >= 0.3 is 0 Å². The lowest BCUT2D eigenvalue weighted by atomic mass is 10.1. The normalized spacial score (nSPS) is 18.2. The number of likely N-dealkylation sites (tertiary alicyclic amines) is 1. The highest BCUT2D eigenvalue weighted by atomic mass is 79.9. The van der Waals surface area contributed by atoms with Crippen molar-refractivity contribution in [3.8, 4) is 0 Å². The Morgan fingerprint density at radius 1 is 0.967 bits per heavy atom. The Labute approximate surface area is 184 Å². The number of carbonyl (C=O) groups excluding carboxylic acids is 3. The maximum absolute atomic E-state index is 12.8. The largest absolute Gasteiger partial charge is 0.352 e. The van der Waals surface area contributed by atoms with Gasteiger partial charge in [-0.1, -0.05) is 28.1 Å². The summed E-state index contributed by atoms with van der Waals surface area (Å²) in [7, 11) is 0. The standard InChI is InChI=1S/C23H24BrN3O3/c24-18-9-7-16(8-10-18)21(28)26-20-4-2-1-3-19(20)22(29)25-13-15-11-12-27(14-15)23(30)17-5-6-17/h1-4,7-10,15,17H,5-6,11-14H2,(H,25,29)(H,26,28). The molecule has 1 saturated heterocycles. The van der Waals surface area contributed by atoms with E-state index in [1.165, 1.54) is 0 Å². The fraction of sp³-hybridized carbons (Fsp3) is 0.348. The Kier molecular flexibility index (Phi) is 6.18. The molecular weight excluding hydrogens is 446 g/mol. The predicted octanol–water partition coefficient (Wildman–Crippen LogP) is 3.69. The zero-order valence-corrected chi connectivity index (χ0v) is 18.2. The first-order valence-corrected chi connectivity index (χ1v) is 11.0. The topological polar surface area (TPSA) is 78.5 Å². The van der Waals surface area contributed by atoms with Gasteiger partial charge < -0.3 is 15.5 Å². The van der Waals surface area contributed by atoms with Crippen LogP contribution in [0.25, 0.3) is 0 Å². The molecule has 30 heavy (non-hydrogen) atoms. The highest BCUT2D eigenvalue weighted by molar-refractivity contribution is 9.10. The van der Waals surface area contributed by atoms with Gasteiger partial charge in [-0.25, -0.2) is 0 Å². The molecule has 6 nitrogen and oxygen atoms in total. The van der Waals surface area contributed by atoms with E-state index in [2.05, 4.69) is 26.6 Å². The second kappa shape index (κ2) is 9.00. The summed E-state index contributed by atoms with van der Waals surface area (Å²) in [4.78, 5) is 39.4. The quantitative estimate of drug-likeness (QED) is 0.676. The molecule has 2 aromatic carbocycles. The molecule has 7 heteroatoms. The smallest absolute Gasteiger partial charge is 0.255 e. The van der Waals surface area contributed by atoms with Gasteiger partial charge in [-0.3, -0.25) is 14.4 Å². The van der Waals surface area contributed by atoms with Crippen molar-refractivity contribution in [2.75, 3.05) is 25.0 Å². The van der Waals surface area contributed by atoms with Crippen LogP contribution < -0.4 is 10.6 Å². The van der Waals surface area contributed by atoms with Crippen LogP contribution >= 0.6 is 15.9 Å². The van der Waals surface area contributed by atoms with E-state index in [0.717, 1.165) is 30.3 Å². The van der Waals surface area contributed by atoms with Crippen LogP contribution in [-0.4, -0.2) is 42.3 Å². The first kappa shape index (κ1) is 20.6. The highest BCUT2D eigenvalue weighted by Crippen LogP contribution is 2.32. The predicted molar refractivity (Wildman–Crippen MR) is 118 cm³/mol. The lowest BCUT2D eigenvalue weighted by molar-refractivity contribution is -0.131. The maximum Gasteiger partial charge on any atom is 0.255 e. The van der Waals surface area contributed by atoms with Crippen LogP contribution in [0.3, 0.4) is 0 Å². The third kappa shape index (κ3) is 4.90. The first-order valence-electron chi connectivity index (χ1n) is 10.2. The molecule has 0 radical (unpaired) electrons. The summed E-state index contributed by atoms with van der Waals surface area (Å²) in [6.07, 6.45) is 2.93. The van der Waals surface area contributed by atoms with Gasteiger partial charge in [0.25, 0.3) is 11.8 Å². The zero-order chi connectivity index (χ0) is 21.1. The third-order valence-corrected chi connectivity index (χ3v) is 6.13. The molecule has 0 aromatic heterocycles. The van der Waals surface area contributed by atoms with Gasteiger partial charge in [-0.05, 0) is 61.6 Å². The summed E-state index contributed by atoms with van der Waals surface area (Å²) in [6, 6.07) is 14.0. The minimum absolute atomic E-state index is 0.228. The van der Waals surface area contributed by atoms with Crippen LogP contribution in [0.2, 0.25) is 0 Å². The molecule has 3 amide bonds. The first-order chi connectivity index (χ1) is 14.5. The second-order valence-electron chi connectivity index (χ2n) is 7.93. The van der Waals surface area contributed by atoms with E-state index >= 15 is 0 Å². The zero-order valence-electron chi connectivity index (χ0n) is 16.6. The van der Waals surface area contributed by atoms with Crippen molar-refractivity contribution in [3.63, 3.8) is 0 Å². The van der Waals surface area contributed by atoms with E-state index in [1.807, 2.05) is 4.90 Å². The number of anilines is 1. The van der Waals surface area contributed by atoms with Crippen LogP contribution in [-0.2, 0) is 4.79 Å². The number of halogens is 1. The molecule has 0 bridgehead atoms. The van der Waals surface area contributed by atoms with E-state index in [9.17, 15) is 14.4 Å². The van der Waals surface area contributed by atoms with Crippen molar-refractivity contribution in [1.82, 2.24) is 10.2 Å². The van der Waals surface area contributed by atoms with Gasteiger partial charge in [0.1, 0.15) is 0 Å². The number of hydrogen-bond acceptors (Lipinski definition) is 3. The minimum Gasteiger partial charge on any atom is -0.352 e. The molecule has 1 aliphatic heterocycles. The monoisotopic (exact) mass is 469 g/mol. The average molecular weight is 470 g/mol. The van der Waals surface area contributed by atoms with Crippen LogP contribution in [0, 0.1) is 11.8 Å². The maximum atomic E-state index is 12.8. The number of nitrogens with one attached hydrogen (secondary N) is 2. The van der Waals surface area contributed by atoms with E-state index in [1.54, 1.807) is 48.5 Å². The lowest BCUT2D eigenvalue weighted by Gasteiger charge is -2.17. The number of para-hydroxylation sites is 1. The van der Waals surface area contributed by atoms with Gasteiger partial charge in [0.05, 0.1) is 11.3 Å². The summed E-state index contributed by atoms with van der Waals surface area (Å²) in [6.45, 7) is 2.00. The summed E-state index contributed by atoms with van der Waals surface area (Å²) in [5.41, 5.74) is 1.41. The minimum atomic E-state index is -0.271. The fourth-order valence-corrected chi connectivity index (χ4v) is 3.97. The summed E-state index contributed by atoms with van der Waals surface area (Å²) in [5.74, 6) is 0.270. The number of amides is 3. The molecule has 2 fully saturated rings. The summed E-state index contributed by atoms with van der Waals surface area (Å²) in [5, 5.41) is 5.80. The van der Waals surface area contributed by atoms with Gasteiger partial charge in [-0.15, -0.1) is 0 Å². The number of hydrogen-bond donors (Lipinski definition) is 2. The molecule has 1 unspecified atom stereocenters. The van der Waals surface area contributed by atoms with Gasteiger partial charge in [0, 0.05) is 35.6 Å². The van der Waals surface area contributed by atoms with Crippen molar-refractivity contribution in [2.45, 2.75) is 19.3 Å². The Morgan fingerprint density at radius 2 is 1.70 bits per heavy atom. The third-order valence-electron chi connectivity index (χ3n) is 5.60. The van der Waals surface area contributed by atoms with Crippen LogP contribution in [0.15, 0.2) is 53.0 Å². The number of carbonyl (C=O) groups is 3. The fourth-order valence-electron chi connectivity index (χ4n) is 3.71. The van der Waals surface area contributed by atoms with Gasteiger partial charge in [0.15, 0.2) is 0 Å². The van der Waals surface area contributed by atoms with E-state index < -0.39 is 0 Å². The van der Waals surface area contributed by atoms with E-state index in [4.69, 9.17) is 0 Å². The van der Waals surface area contributed by atoms with Crippen molar-refractivity contribution in [2.24, 2.45) is 11.8 Å². The van der Waals surface area contributed by atoms with Gasteiger partial charge in [0.2, 0.25) is 5.91 Å². The van der Waals surface area contributed by atoms with Crippen molar-refractivity contribution < 1.29 is 14.4 Å². The Bertz CT molecular complexity index is 956. The van der Waals surface area contributed by atoms with Crippen molar-refractivity contribution in [3.05, 3.63) is 64.1 Å². The molecule has 1 atom stereocenters. The molecule has 0 spiro atoms. The molecule has 1 saturated carbocycles.